The minimum Gasteiger partial charge on any atom is -0.491 e. The standard InChI is InChI=1S/C20H33N5O3.HI/c1-7-21-17(26)12-22-19(23-13-18(27)25-20(4,5)6)24-15-8-10-16(11-9-15)28-14(2)3;/h8-11,14H,7,12-13H2,1-6H3,(H,21,26)(H,25,27)(H2,22,23,24);1H. The molecular weight excluding hydrogens is 485 g/mol. The molecule has 0 aliphatic heterocycles. The van der Waals surface area contributed by atoms with Crippen molar-refractivity contribution in [2.45, 2.75) is 53.2 Å². The number of hydrogen-bond donors (Lipinski definition) is 4. The van der Waals surface area contributed by atoms with E-state index in [1.807, 2.05) is 65.8 Å². The molecule has 1 aromatic rings. The minimum atomic E-state index is -0.332. The maximum atomic E-state index is 12.0. The molecule has 164 valence electrons. The second-order valence-corrected chi connectivity index (χ2v) is 7.59. The average molecular weight is 519 g/mol. The molecule has 29 heavy (non-hydrogen) atoms. The van der Waals surface area contributed by atoms with Crippen LogP contribution in [0.5, 0.6) is 5.75 Å². The summed E-state index contributed by atoms with van der Waals surface area (Å²) < 4.78 is 5.63. The van der Waals surface area contributed by atoms with E-state index in [9.17, 15) is 9.59 Å². The predicted octanol–water partition coefficient (Wildman–Crippen LogP) is 2.50. The second kappa shape index (κ2) is 13.2. The summed E-state index contributed by atoms with van der Waals surface area (Å²) in [7, 11) is 0. The lowest BCUT2D eigenvalue weighted by Gasteiger charge is -2.20. The van der Waals surface area contributed by atoms with E-state index >= 15 is 0 Å². The van der Waals surface area contributed by atoms with Gasteiger partial charge in [-0.15, -0.1) is 24.0 Å². The lowest BCUT2D eigenvalue weighted by atomic mass is 10.1. The van der Waals surface area contributed by atoms with Crippen molar-refractivity contribution in [1.82, 2.24) is 16.0 Å². The Morgan fingerprint density at radius 1 is 1.07 bits per heavy atom. The first-order valence-corrected chi connectivity index (χ1v) is 9.49. The van der Waals surface area contributed by atoms with Crippen LogP contribution in [-0.4, -0.2) is 49.1 Å². The quantitative estimate of drug-likeness (QED) is 0.240. The molecule has 9 heteroatoms. The van der Waals surface area contributed by atoms with Crippen molar-refractivity contribution < 1.29 is 14.3 Å². The van der Waals surface area contributed by atoms with Gasteiger partial charge in [0.05, 0.1) is 12.6 Å². The van der Waals surface area contributed by atoms with Gasteiger partial charge in [0.15, 0.2) is 5.96 Å². The van der Waals surface area contributed by atoms with E-state index in [2.05, 4.69) is 26.3 Å². The highest BCUT2D eigenvalue weighted by atomic mass is 127. The zero-order chi connectivity index (χ0) is 21.2. The number of halogens is 1. The van der Waals surface area contributed by atoms with Crippen LogP contribution >= 0.6 is 24.0 Å². The molecule has 0 bridgehead atoms. The van der Waals surface area contributed by atoms with Gasteiger partial charge in [0.1, 0.15) is 12.3 Å². The van der Waals surface area contributed by atoms with Crippen molar-refractivity contribution in [3.63, 3.8) is 0 Å². The van der Waals surface area contributed by atoms with Crippen molar-refractivity contribution in [3.8, 4) is 5.75 Å². The molecule has 1 rings (SSSR count). The van der Waals surface area contributed by atoms with Gasteiger partial charge in [-0.05, 0) is 65.8 Å². The number of rotatable bonds is 8. The van der Waals surface area contributed by atoms with Gasteiger partial charge in [-0.1, -0.05) is 0 Å². The number of nitrogens with one attached hydrogen (secondary N) is 4. The molecular formula is C20H34IN5O3. The van der Waals surface area contributed by atoms with Gasteiger partial charge in [-0.3, -0.25) is 9.59 Å². The van der Waals surface area contributed by atoms with Gasteiger partial charge in [-0.2, -0.15) is 0 Å². The fourth-order valence-corrected chi connectivity index (χ4v) is 2.20. The summed E-state index contributed by atoms with van der Waals surface area (Å²) in [5.74, 6) is 0.746. The molecule has 1 aromatic carbocycles. The Morgan fingerprint density at radius 3 is 2.21 bits per heavy atom. The van der Waals surface area contributed by atoms with Crippen molar-refractivity contribution in [2.75, 3.05) is 25.0 Å². The maximum Gasteiger partial charge on any atom is 0.242 e. The van der Waals surface area contributed by atoms with Crippen LogP contribution in [0, 0.1) is 0 Å². The predicted molar refractivity (Wildman–Crippen MR) is 128 cm³/mol. The summed E-state index contributed by atoms with van der Waals surface area (Å²) in [5, 5.41) is 11.6. The fourth-order valence-electron chi connectivity index (χ4n) is 2.20. The molecule has 8 nitrogen and oxygen atoms in total. The zero-order valence-electron chi connectivity index (χ0n) is 18.1. The molecule has 0 heterocycles. The molecule has 0 saturated carbocycles. The molecule has 4 N–H and O–H groups in total. The van der Waals surface area contributed by atoms with E-state index < -0.39 is 0 Å². The van der Waals surface area contributed by atoms with Gasteiger partial charge < -0.3 is 26.0 Å². The number of carbonyl (C=O) groups is 2. The molecule has 0 spiro atoms. The fraction of sp³-hybridized carbons (Fsp3) is 0.550. The number of carbonyl (C=O) groups excluding carboxylic acids is 2. The lowest BCUT2D eigenvalue weighted by Crippen LogP contribution is -2.43. The van der Waals surface area contributed by atoms with E-state index in [4.69, 9.17) is 4.74 Å². The van der Waals surface area contributed by atoms with E-state index in [1.165, 1.54) is 0 Å². The van der Waals surface area contributed by atoms with Crippen LogP contribution in [0.1, 0.15) is 41.5 Å². The highest BCUT2D eigenvalue weighted by Gasteiger charge is 2.13. The number of guanidine groups is 1. The van der Waals surface area contributed by atoms with Gasteiger partial charge in [0.2, 0.25) is 11.8 Å². The Hall–Kier alpha value is -2.04. The molecule has 0 aliphatic carbocycles. The molecule has 0 saturated heterocycles. The smallest absolute Gasteiger partial charge is 0.242 e. The second-order valence-electron chi connectivity index (χ2n) is 7.59. The van der Waals surface area contributed by atoms with Crippen molar-refractivity contribution in [3.05, 3.63) is 24.3 Å². The van der Waals surface area contributed by atoms with Crippen LogP contribution in [0.3, 0.4) is 0 Å². The van der Waals surface area contributed by atoms with Crippen LogP contribution in [0.15, 0.2) is 29.3 Å². The van der Waals surface area contributed by atoms with Crippen molar-refractivity contribution in [2.24, 2.45) is 4.99 Å². The number of nitrogens with zero attached hydrogens (tertiary/aromatic N) is 1. The van der Waals surface area contributed by atoms with E-state index in [1.54, 1.807) is 0 Å². The zero-order valence-corrected chi connectivity index (χ0v) is 20.4. The molecule has 0 aliphatic rings. The molecule has 0 fully saturated rings. The van der Waals surface area contributed by atoms with Gasteiger partial charge >= 0.3 is 0 Å². The van der Waals surface area contributed by atoms with Crippen molar-refractivity contribution >= 4 is 47.4 Å². The summed E-state index contributed by atoms with van der Waals surface area (Å²) >= 11 is 0. The first kappa shape index (κ1) is 27.0. The molecule has 0 aromatic heterocycles. The van der Waals surface area contributed by atoms with Gasteiger partial charge in [0.25, 0.3) is 0 Å². The van der Waals surface area contributed by atoms with Crippen LogP contribution in [-0.2, 0) is 9.59 Å². The molecule has 0 radical (unpaired) electrons. The first-order valence-electron chi connectivity index (χ1n) is 9.49. The van der Waals surface area contributed by atoms with E-state index in [-0.39, 0.29) is 60.5 Å². The number of amides is 2. The third-order valence-electron chi connectivity index (χ3n) is 3.17. The number of hydrogen-bond acceptors (Lipinski definition) is 4. The largest absolute Gasteiger partial charge is 0.491 e. The van der Waals surface area contributed by atoms with Crippen LogP contribution in [0.4, 0.5) is 5.69 Å². The Kier molecular flexibility index (Phi) is 12.3. The minimum absolute atomic E-state index is 0. The summed E-state index contributed by atoms with van der Waals surface area (Å²) in [6, 6.07) is 7.37. The third kappa shape index (κ3) is 12.9. The number of benzene rings is 1. The summed E-state index contributed by atoms with van der Waals surface area (Å²) in [6.07, 6.45) is 0.0935. The third-order valence-corrected chi connectivity index (χ3v) is 3.17. The average Bonchev–Trinajstić information content (AvgIpc) is 2.57. The Labute approximate surface area is 190 Å². The van der Waals surface area contributed by atoms with E-state index in [0.29, 0.717) is 12.5 Å². The molecule has 2 amide bonds. The lowest BCUT2D eigenvalue weighted by molar-refractivity contribution is -0.121. The first-order chi connectivity index (χ1) is 13.1. The van der Waals surface area contributed by atoms with Crippen LogP contribution in [0.2, 0.25) is 0 Å². The molecule has 0 unspecified atom stereocenters. The normalized spacial score (nSPS) is 11.3. The SMILES string of the molecule is CCNC(=O)CNC(=NCC(=O)NC(C)(C)C)Nc1ccc(OC(C)C)cc1.I. The van der Waals surface area contributed by atoms with Crippen molar-refractivity contribution in [1.29, 1.82) is 0 Å². The van der Waals surface area contributed by atoms with Crippen LogP contribution < -0.4 is 26.0 Å². The van der Waals surface area contributed by atoms with Crippen LogP contribution in [0.25, 0.3) is 0 Å². The summed E-state index contributed by atoms with van der Waals surface area (Å²) in [4.78, 5) is 28.0. The van der Waals surface area contributed by atoms with E-state index in [0.717, 1.165) is 11.4 Å². The molecule has 0 atom stereocenters. The Morgan fingerprint density at radius 2 is 1.69 bits per heavy atom. The van der Waals surface area contributed by atoms with Gasteiger partial charge in [0, 0.05) is 17.8 Å². The topological polar surface area (TPSA) is 104 Å². The number of aliphatic imine (C=N–C) groups is 1. The summed E-state index contributed by atoms with van der Waals surface area (Å²) in [6.45, 7) is 12.0. The number of ether oxygens (including phenoxy) is 1. The number of anilines is 1. The van der Waals surface area contributed by atoms with Gasteiger partial charge in [-0.25, -0.2) is 4.99 Å². The monoisotopic (exact) mass is 519 g/mol. The Bertz CT molecular complexity index is 670. The highest BCUT2D eigenvalue weighted by Crippen LogP contribution is 2.16. The Balaban J connectivity index is 0.00000784. The number of likely N-dealkylation sites (N-methyl/N-ethyl adjacent to an activating group) is 1. The summed E-state index contributed by atoms with van der Waals surface area (Å²) in [5.41, 5.74) is 0.426. The maximum absolute atomic E-state index is 12.0. The highest BCUT2D eigenvalue weighted by molar-refractivity contribution is 14.0.